The van der Waals surface area contributed by atoms with Gasteiger partial charge in [0.2, 0.25) is 0 Å². The highest BCUT2D eigenvalue weighted by Gasteiger charge is 2.17. The van der Waals surface area contributed by atoms with Crippen molar-refractivity contribution in [1.82, 2.24) is 0 Å². The lowest BCUT2D eigenvalue weighted by Crippen LogP contribution is -2.34. The van der Waals surface area contributed by atoms with E-state index in [1.807, 2.05) is 6.07 Å². The summed E-state index contributed by atoms with van der Waals surface area (Å²) in [5.41, 5.74) is 1.19. The molecule has 0 radical (unpaired) electrons. The maximum Gasteiger partial charge on any atom is 0.250 e. The molecule has 112 valence electrons. The maximum absolute atomic E-state index is 12.3. The smallest absolute Gasteiger partial charge is 0.250 e. The van der Waals surface area contributed by atoms with Crippen molar-refractivity contribution in [3.8, 4) is 5.75 Å². The SMILES string of the molecule is C=CC(=O)N(CC(=O)c1ccccc1)c1ccc(OC)cc1. The molecule has 4 nitrogen and oxygen atoms in total. The van der Waals surface area contributed by atoms with Crippen molar-refractivity contribution in [3.05, 3.63) is 72.8 Å². The fraction of sp³-hybridized carbons (Fsp3) is 0.111. The molecular formula is C18H17NO3. The van der Waals surface area contributed by atoms with Crippen molar-refractivity contribution in [1.29, 1.82) is 0 Å². The second-order valence-electron chi connectivity index (χ2n) is 4.62. The third kappa shape index (κ3) is 3.61. The van der Waals surface area contributed by atoms with E-state index in [0.717, 1.165) is 0 Å². The van der Waals surface area contributed by atoms with Crippen molar-refractivity contribution < 1.29 is 14.3 Å². The van der Waals surface area contributed by atoms with Crippen molar-refractivity contribution >= 4 is 17.4 Å². The molecule has 0 aromatic heterocycles. The van der Waals surface area contributed by atoms with Crippen molar-refractivity contribution in [2.24, 2.45) is 0 Å². The van der Waals surface area contributed by atoms with E-state index in [-0.39, 0.29) is 18.2 Å². The van der Waals surface area contributed by atoms with Crippen LogP contribution >= 0.6 is 0 Å². The Balaban J connectivity index is 2.24. The van der Waals surface area contributed by atoms with Gasteiger partial charge in [0.25, 0.3) is 5.91 Å². The number of hydrogen-bond acceptors (Lipinski definition) is 3. The van der Waals surface area contributed by atoms with Crippen LogP contribution in [-0.4, -0.2) is 25.3 Å². The minimum atomic E-state index is -0.325. The van der Waals surface area contributed by atoms with Crippen LogP contribution in [0.15, 0.2) is 67.3 Å². The van der Waals surface area contributed by atoms with Crippen LogP contribution in [0, 0.1) is 0 Å². The van der Waals surface area contributed by atoms with Crippen molar-refractivity contribution in [2.75, 3.05) is 18.6 Å². The predicted molar refractivity (Wildman–Crippen MR) is 86.3 cm³/mol. The quantitative estimate of drug-likeness (QED) is 0.607. The normalized spacial score (nSPS) is 9.86. The minimum absolute atomic E-state index is 0.0405. The Morgan fingerprint density at radius 2 is 1.73 bits per heavy atom. The van der Waals surface area contributed by atoms with E-state index in [9.17, 15) is 9.59 Å². The average molecular weight is 295 g/mol. The van der Waals surface area contributed by atoms with Crippen LogP contribution in [0.4, 0.5) is 5.69 Å². The van der Waals surface area contributed by atoms with Gasteiger partial charge in [0, 0.05) is 11.3 Å². The van der Waals surface area contributed by atoms with E-state index in [1.165, 1.54) is 11.0 Å². The lowest BCUT2D eigenvalue weighted by molar-refractivity contribution is -0.114. The molecule has 22 heavy (non-hydrogen) atoms. The Labute approximate surface area is 129 Å². The number of carbonyl (C=O) groups excluding carboxylic acids is 2. The number of ether oxygens (including phenoxy) is 1. The van der Waals surface area contributed by atoms with E-state index in [2.05, 4.69) is 6.58 Å². The summed E-state index contributed by atoms with van der Waals surface area (Å²) >= 11 is 0. The molecule has 0 saturated carbocycles. The highest BCUT2D eigenvalue weighted by molar-refractivity contribution is 6.08. The molecule has 2 aromatic carbocycles. The molecule has 0 aliphatic carbocycles. The molecule has 0 unspecified atom stereocenters. The van der Waals surface area contributed by atoms with Crippen LogP contribution in [0.2, 0.25) is 0 Å². The zero-order chi connectivity index (χ0) is 15.9. The van der Waals surface area contributed by atoms with Gasteiger partial charge >= 0.3 is 0 Å². The van der Waals surface area contributed by atoms with E-state index in [1.54, 1.807) is 55.6 Å². The molecule has 0 saturated heterocycles. The molecule has 0 bridgehead atoms. The molecular weight excluding hydrogens is 278 g/mol. The van der Waals surface area contributed by atoms with Gasteiger partial charge in [0.15, 0.2) is 5.78 Å². The summed E-state index contributed by atoms with van der Waals surface area (Å²) in [6, 6.07) is 15.8. The first-order valence-electron chi connectivity index (χ1n) is 6.82. The molecule has 2 aromatic rings. The van der Waals surface area contributed by atoms with Gasteiger partial charge in [0.05, 0.1) is 13.7 Å². The third-order valence-corrected chi connectivity index (χ3v) is 3.22. The van der Waals surface area contributed by atoms with Crippen LogP contribution < -0.4 is 9.64 Å². The van der Waals surface area contributed by atoms with Crippen LogP contribution in [-0.2, 0) is 4.79 Å². The third-order valence-electron chi connectivity index (χ3n) is 3.22. The number of methoxy groups -OCH3 is 1. The number of anilines is 1. The minimum Gasteiger partial charge on any atom is -0.497 e. The van der Waals surface area contributed by atoms with E-state index in [0.29, 0.717) is 17.0 Å². The summed E-state index contributed by atoms with van der Waals surface area (Å²) in [6.07, 6.45) is 1.20. The Morgan fingerprint density at radius 1 is 1.09 bits per heavy atom. The van der Waals surface area contributed by atoms with E-state index < -0.39 is 0 Å². The highest BCUT2D eigenvalue weighted by atomic mass is 16.5. The number of rotatable bonds is 6. The molecule has 1 amide bonds. The summed E-state index contributed by atoms with van der Waals surface area (Å²) in [5, 5.41) is 0. The fourth-order valence-corrected chi connectivity index (χ4v) is 2.03. The molecule has 0 heterocycles. The topological polar surface area (TPSA) is 46.6 Å². The Hall–Kier alpha value is -2.88. The van der Waals surface area contributed by atoms with Gasteiger partial charge in [0.1, 0.15) is 5.75 Å². The van der Waals surface area contributed by atoms with Gasteiger partial charge in [-0.25, -0.2) is 0 Å². The molecule has 0 aliphatic heterocycles. The van der Waals surface area contributed by atoms with E-state index >= 15 is 0 Å². The lowest BCUT2D eigenvalue weighted by atomic mass is 10.1. The van der Waals surface area contributed by atoms with Gasteiger partial charge in [-0.05, 0) is 30.3 Å². The number of amides is 1. The largest absolute Gasteiger partial charge is 0.497 e. The monoisotopic (exact) mass is 295 g/mol. The van der Waals surface area contributed by atoms with E-state index in [4.69, 9.17) is 4.74 Å². The molecule has 4 heteroatoms. The predicted octanol–water partition coefficient (Wildman–Crippen LogP) is 3.10. The van der Waals surface area contributed by atoms with Crippen LogP contribution in [0.25, 0.3) is 0 Å². The molecule has 2 rings (SSSR count). The second-order valence-corrected chi connectivity index (χ2v) is 4.62. The van der Waals surface area contributed by atoms with Gasteiger partial charge in [-0.1, -0.05) is 36.9 Å². The summed E-state index contributed by atoms with van der Waals surface area (Å²) in [5.74, 6) is 0.227. The van der Waals surface area contributed by atoms with Crippen molar-refractivity contribution in [3.63, 3.8) is 0 Å². The van der Waals surface area contributed by atoms with Crippen LogP contribution in [0.1, 0.15) is 10.4 Å². The summed E-state index contributed by atoms with van der Waals surface area (Å²) in [4.78, 5) is 25.8. The first-order valence-corrected chi connectivity index (χ1v) is 6.82. The van der Waals surface area contributed by atoms with Gasteiger partial charge in [-0.2, -0.15) is 0 Å². The summed E-state index contributed by atoms with van der Waals surface area (Å²) in [6.45, 7) is 3.45. The first-order chi connectivity index (χ1) is 10.7. The first kappa shape index (κ1) is 15.5. The Kier molecular flexibility index (Phi) is 5.09. The van der Waals surface area contributed by atoms with Gasteiger partial charge < -0.3 is 9.64 Å². The molecule has 0 aliphatic rings. The fourth-order valence-electron chi connectivity index (χ4n) is 2.03. The molecule has 0 N–H and O–H groups in total. The molecule has 0 spiro atoms. The summed E-state index contributed by atoms with van der Waals surface area (Å²) in [7, 11) is 1.57. The second kappa shape index (κ2) is 7.22. The standard InChI is InChI=1S/C18H17NO3/c1-3-18(21)19(15-9-11-16(22-2)12-10-15)13-17(20)14-7-5-4-6-8-14/h3-12H,1,13H2,2H3. The number of carbonyl (C=O) groups is 2. The average Bonchev–Trinajstić information content (AvgIpc) is 2.59. The number of hydrogen-bond donors (Lipinski definition) is 0. The lowest BCUT2D eigenvalue weighted by Gasteiger charge is -2.21. The number of benzene rings is 2. The highest BCUT2D eigenvalue weighted by Crippen LogP contribution is 2.20. The van der Waals surface area contributed by atoms with Gasteiger partial charge in [-0.3, -0.25) is 9.59 Å². The zero-order valence-corrected chi connectivity index (χ0v) is 12.4. The van der Waals surface area contributed by atoms with Crippen LogP contribution in [0.3, 0.4) is 0 Å². The Morgan fingerprint density at radius 3 is 2.27 bits per heavy atom. The summed E-state index contributed by atoms with van der Waals surface area (Å²) < 4.78 is 5.10. The maximum atomic E-state index is 12.3. The van der Waals surface area contributed by atoms with Crippen LogP contribution in [0.5, 0.6) is 5.75 Å². The number of nitrogens with zero attached hydrogens (tertiary/aromatic N) is 1. The Bertz CT molecular complexity index is 662. The van der Waals surface area contributed by atoms with Crippen molar-refractivity contribution in [2.45, 2.75) is 0 Å². The number of ketones is 1. The number of Topliss-reactive ketones (excluding diaryl/α,β-unsaturated/α-hetero) is 1. The van der Waals surface area contributed by atoms with Gasteiger partial charge in [-0.15, -0.1) is 0 Å². The zero-order valence-electron chi connectivity index (χ0n) is 12.4. The molecule has 0 fully saturated rings. The molecule has 0 atom stereocenters.